The summed E-state index contributed by atoms with van der Waals surface area (Å²) in [7, 11) is 2.99. The van der Waals surface area contributed by atoms with Crippen LogP contribution in [0, 0.1) is 22.7 Å². The van der Waals surface area contributed by atoms with Gasteiger partial charge in [0.2, 0.25) is 0 Å². The fraction of sp³-hybridized carbons (Fsp3) is 0.222. The Morgan fingerprint density at radius 2 is 2.12 bits per heavy atom. The number of aromatic nitrogens is 2. The summed E-state index contributed by atoms with van der Waals surface area (Å²) in [6.07, 6.45) is 3.07. The molecule has 2 aromatic rings. The summed E-state index contributed by atoms with van der Waals surface area (Å²) in [5.41, 5.74) is 1.01. The van der Waals surface area contributed by atoms with Crippen LogP contribution in [0.25, 0.3) is 17.3 Å². The van der Waals surface area contributed by atoms with Gasteiger partial charge in [-0.1, -0.05) is 6.07 Å². The predicted molar refractivity (Wildman–Crippen MR) is 92.2 cm³/mol. The number of hydrogen-bond donors (Lipinski definition) is 1. The Balaban J connectivity index is 2.68. The highest BCUT2D eigenvalue weighted by atomic mass is 16.5. The van der Waals surface area contributed by atoms with E-state index in [1.165, 1.54) is 25.0 Å². The molecule has 8 heteroatoms. The minimum atomic E-state index is -1.33. The van der Waals surface area contributed by atoms with Crippen molar-refractivity contribution in [2.75, 3.05) is 14.2 Å². The van der Waals surface area contributed by atoms with Crippen LogP contribution in [0.3, 0.4) is 0 Å². The number of nitriles is 2. The third kappa shape index (κ3) is 3.82. The molecule has 26 heavy (non-hydrogen) atoms. The van der Waals surface area contributed by atoms with Crippen LogP contribution in [0.15, 0.2) is 30.0 Å². The number of ether oxygens (including phenoxy) is 2. The topological polar surface area (TPSA) is 121 Å². The van der Waals surface area contributed by atoms with Gasteiger partial charge in [-0.3, -0.25) is 4.68 Å². The molecule has 0 aliphatic rings. The van der Waals surface area contributed by atoms with Crippen LogP contribution in [0.2, 0.25) is 0 Å². The first-order chi connectivity index (χ1) is 12.5. The van der Waals surface area contributed by atoms with Crippen molar-refractivity contribution in [2.24, 2.45) is 0 Å². The fourth-order valence-electron chi connectivity index (χ4n) is 2.40. The van der Waals surface area contributed by atoms with E-state index in [0.29, 0.717) is 34.9 Å². The van der Waals surface area contributed by atoms with E-state index in [9.17, 15) is 4.79 Å². The second-order valence-corrected chi connectivity index (χ2v) is 5.12. The largest absolute Gasteiger partial charge is 0.493 e. The van der Waals surface area contributed by atoms with E-state index in [1.54, 1.807) is 30.5 Å². The molecular weight excluding hydrogens is 336 g/mol. The van der Waals surface area contributed by atoms with E-state index in [4.69, 9.17) is 25.1 Å². The molecule has 132 valence electrons. The lowest BCUT2D eigenvalue weighted by molar-refractivity contribution is -0.132. The Bertz CT molecular complexity index is 932. The van der Waals surface area contributed by atoms with Crippen LogP contribution < -0.4 is 9.47 Å². The number of carbonyl (C=O) groups is 1. The summed E-state index contributed by atoms with van der Waals surface area (Å²) in [5.74, 6) is -0.407. The van der Waals surface area contributed by atoms with Crippen molar-refractivity contribution in [1.82, 2.24) is 9.78 Å². The molecule has 0 atom stereocenters. The van der Waals surface area contributed by atoms with Gasteiger partial charge in [-0.25, -0.2) is 4.79 Å². The third-order valence-electron chi connectivity index (χ3n) is 3.55. The second-order valence-electron chi connectivity index (χ2n) is 5.12. The molecule has 0 spiro atoms. The number of aliphatic carboxylic acids is 1. The van der Waals surface area contributed by atoms with Gasteiger partial charge >= 0.3 is 5.97 Å². The lowest BCUT2D eigenvalue weighted by Crippen LogP contribution is -1.98. The summed E-state index contributed by atoms with van der Waals surface area (Å²) in [5, 5.41) is 31.4. The van der Waals surface area contributed by atoms with Crippen molar-refractivity contribution in [2.45, 2.75) is 13.0 Å². The molecule has 0 amide bonds. The van der Waals surface area contributed by atoms with Crippen molar-refractivity contribution in [3.63, 3.8) is 0 Å². The van der Waals surface area contributed by atoms with Gasteiger partial charge in [0.1, 0.15) is 17.3 Å². The molecule has 2 rings (SSSR count). The molecule has 8 nitrogen and oxygen atoms in total. The van der Waals surface area contributed by atoms with Crippen molar-refractivity contribution < 1.29 is 19.4 Å². The Morgan fingerprint density at radius 3 is 2.69 bits per heavy atom. The number of rotatable bonds is 7. The first-order valence-electron chi connectivity index (χ1n) is 7.56. The third-order valence-corrected chi connectivity index (χ3v) is 3.55. The van der Waals surface area contributed by atoms with Gasteiger partial charge in [-0.05, 0) is 18.2 Å². The average Bonchev–Trinajstić information content (AvgIpc) is 3.05. The van der Waals surface area contributed by atoms with Gasteiger partial charge in [0.05, 0.1) is 33.3 Å². The summed E-state index contributed by atoms with van der Waals surface area (Å²) >= 11 is 0. The molecular formula is C18H16N4O4. The maximum atomic E-state index is 11.2. The van der Waals surface area contributed by atoms with Gasteiger partial charge in [-0.2, -0.15) is 15.6 Å². The fourth-order valence-corrected chi connectivity index (χ4v) is 2.40. The lowest BCUT2D eigenvalue weighted by Gasteiger charge is -2.11. The SMILES string of the molecule is COc1cccc(-c2nn(CCC#N)cc2C=C(C#N)C(=O)O)c1OC. The molecule has 0 bridgehead atoms. The summed E-state index contributed by atoms with van der Waals surface area (Å²) in [6.45, 7) is 0.332. The van der Waals surface area contributed by atoms with Crippen LogP contribution in [-0.4, -0.2) is 35.1 Å². The quantitative estimate of drug-likeness (QED) is 0.600. The summed E-state index contributed by atoms with van der Waals surface area (Å²) in [4.78, 5) is 11.2. The normalized spacial score (nSPS) is 10.7. The molecule has 0 saturated heterocycles. The van der Waals surface area contributed by atoms with E-state index in [-0.39, 0.29) is 6.42 Å². The van der Waals surface area contributed by atoms with Gasteiger partial charge in [-0.15, -0.1) is 0 Å². The highest BCUT2D eigenvalue weighted by molar-refractivity contribution is 5.97. The summed E-state index contributed by atoms with van der Waals surface area (Å²) < 4.78 is 12.2. The number of carboxylic acids is 1. The number of benzene rings is 1. The number of methoxy groups -OCH3 is 2. The maximum Gasteiger partial charge on any atom is 0.346 e. The molecule has 1 aromatic heterocycles. The van der Waals surface area contributed by atoms with Crippen molar-refractivity contribution in [3.05, 3.63) is 35.5 Å². The van der Waals surface area contributed by atoms with E-state index in [1.807, 2.05) is 6.07 Å². The van der Waals surface area contributed by atoms with Crippen molar-refractivity contribution in [1.29, 1.82) is 10.5 Å². The lowest BCUT2D eigenvalue weighted by atomic mass is 10.0. The van der Waals surface area contributed by atoms with Crippen LogP contribution in [-0.2, 0) is 11.3 Å². The number of aryl methyl sites for hydroxylation is 1. The number of hydrogen-bond acceptors (Lipinski definition) is 6. The molecule has 0 aliphatic carbocycles. The minimum Gasteiger partial charge on any atom is -0.493 e. The maximum absolute atomic E-state index is 11.2. The van der Waals surface area contributed by atoms with Crippen LogP contribution in [0.4, 0.5) is 0 Å². The Labute approximate surface area is 150 Å². The molecule has 0 saturated carbocycles. The molecule has 0 aliphatic heterocycles. The van der Waals surface area contributed by atoms with E-state index in [0.717, 1.165) is 0 Å². The van der Waals surface area contributed by atoms with Gasteiger partial charge in [0.25, 0.3) is 0 Å². The van der Waals surface area contributed by atoms with E-state index in [2.05, 4.69) is 5.10 Å². The molecule has 1 heterocycles. The molecule has 1 aromatic carbocycles. The zero-order valence-corrected chi connectivity index (χ0v) is 14.3. The molecule has 1 N–H and O–H groups in total. The van der Waals surface area contributed by atoms with Crippen LogP contribution in [0.5, 0.6) is 11.5 Å². The van der Waals surface area contributed by atoms with Gasteiger partial charge in [0.15, 0.2) is 11.5 Å². The zero-order valence-electron chi connectivity index (χ0n) is 14.3. The van der Waals surface area contributed by atoms with Gasteiger partial charge < -0.3 is 14.6 Å². The smallest absolute Gasteiger partial charge is 0.346 e. The first kappa shape index (κ1) is 18.6. The average molecular weight is 352 g/mol. The highest BCUT2D eigenvalue weighted by Crippen LogP contribution is 2.39. The number of para-hydroxylation sites is 1. The van der Waals surface area contributed by atoms with Crippen LogP contribution >= 0.6 is 0 Å². The number of nitrogens with zero attached hydrogens (tertiary/aromatic N) is 4. The van der Waals surface area contributed by atoms with Crippen LogP contribution in [0.1, 0.15) is 12.0 Å². The Morgan fingerprint density at radius 1 is 1.35 bits per heavy atom. The van der Waals surface area contributed by atoms with E-state index >= 15 is 0 Å². The van der Waals surface area contributed by atoms with E-state index < -0.39 is 11.5 Å². The molecule has 0 radical (unpaired) electrons. The molecule has 0 unspecified atom stereocenters. The predicted octanol–water partition coefficient (Wildman–Crippen LogP) is 2.47. The number of carboxylic acid groups (broad SMARTS) is 1. The monoisotopic (exact) mass is 352 g/mol. The van der Waals surface area contributed by atoms with Crippen molar-refractivity contribution in [3.8, 4) is 34.9 Å². The van der Waals surface area contributed by atoms with Gasteiger partial charge in [0, 0.05) is 17.3 Å². The minimum absolute atomic E-state index is 0.240. The second kappa shape index (κ2) is 8.36. The Hall–Kier alpha value is -3.78. The highest BCUT2D eigenvalue weighted by Gasteiger charge is 2.19. The zero-order chi connectivity index (χ0) is 19.1. The molecule has 0 fully saturated rings. The standard InChI is InChI=1S/C18H16N4O4/c1-25-15-6-3-5-14(17(15)26-2)16-13(9-12(10-20)18(23)24)11-22(21-16)8-4-7-19/h3,5-6,9,11H,4,8H2,1-2H3,(H,23,24). The summed E-state index contributed by atoms with van der Waals surface area (Å²) in [6, 6.07) is 8.90. The Kier molecular flexibility index (Phi) is 5.96. The van der Waals surface area contributed by atoms with Crippen molar-refractivity contribution >= 4 is 12.0 Å². The first-order valence-corrected chi connectivity index (χ1v) is 7.56.